The summed E-state index contributed by atoms with van der Waals surface area (Å²) in [6.45, 7) is 0. The standard InChI is InChI=1S/C15H11F3N2O5/c1-25-13-6-8(2-5-12(13)21)14(22)19-9-3-4-11(20(23)24)10(7-9)15(16,17)18/h2-7,21H,1H3,(H,19,22). The number of anilines is 1. The van der Waals surface area contributed by atoms with Crippen LogP contribution in [0.2, 0.25) is 0 Å². The molecular weight excluding hydrogens is 345 g/mol. The lowest BCUT2D eigenvalue weighted by Gasteiger charge is -2.11. The van der Waals surface area contributed by atoms with Gasteiger partial charge in [0.1, 0.15) is 5.56 Å². The normalized spacial score (nSPS) is 11.0. The van der Waals surface area contributed by atoms with Crippen LogP contribution in [0.3, 0.4) is 0 Å². The SMILES string of the molecule is COc1cc(C(=O)Nc2ccc([N+](=O)[O-])c(C(F)(F)F)c2)ccc1O. The molecule has 0 radical (unpaired) electrons. The number of hydrogen-bond acceptors (Lipinski definition) is 5. The first-order chi connectivity index (χ1) is 11.6. The first-order valence-corrected chi connectivity index (χ1v) is 6.67. The van der Waals surface area contributed by atoms with E-state index >= 15 is 0 Å². The van der Waals surface area contributed by atoms with Crippen LogP contribution in [0.15, 0.2) is 36.4 Å². The van der Waals surface area contributed by atoms with Crippen LogP contribution in [0, 0.1) is 10.1 Å². The number of benzene rings is 2. The van der Waals surface area contributed by atoms with Crippen molar-refractivity contribution in [1.82, 2.24) is 0 Å². The molecule has 2 rings (SSSR count). The number of nitro benzene ring substituents is 1. The van der Waals surface area contributed by atoms with Crippen molar-refractivity contribution in [2.45, 2.75) is 6.18 Å². The van der Waals surface area contributed by atoms with Crippen molar-refractivity contribution in [2.75, 3.05) is 12.4 Å². The Bertz CT molecular complexity index is 836. The van der Waals surface area contributed by atoms with Gasteiger partial charge < -0.3 is 15.2 Å². The smallest absolute Gasteiger partial charge is 0.423 e. The number of phenols is 1. The average Bonchev–Trinajstić information content (AvgIpc) is 2.54. The third-order valence-corrected chi connectivity index (χ3v) is 3.20. The number of hydrogen-bond donors (Lipinski definition) is 2. The van der Waals surface area contributed by atoms with E-state index in [1.807, 2.05) is 0 Å². The van der Waals surface area contributed by atoms with Gasteiger partial charge in [-0.25, -0.2) is 0 Å². The Kier molecular flexibility index (Phi) is 4.82. The van der Waals surface area contributed by atoms with Gasteiger partial charge in [0.05, 0.1) is 12.0 Å². The van der Waals surface area contributed by atoms with Crippen molar-refractivity contribution in [2.24, 2.45) is 0 Å². The molecule has 0 aliphatic rings. The van der Waals surface area contributed by atoms with Gasteiger partial charge in [0, 0.05) is 17.3 Å². The molecule has 2 aromatic rings. The fourth-order valence-electron chi connectivity index (χ4n) is 2.02. The minimum atomic E-state index is -4.95. The molecule has 25 heavy (non-hydrogen) atoms. The molecule has 7 nitrogen and oxygen atoms in total. The monoisotopic (exact) mass is 356 g/mol. The second kappa shape index (κ2) is 6.67. The Morgan fingerprint density at radius 2 is 1.92 bits per heavy atom. The molecule has 0 spiro atoms. The molecule has 0 aliphatic carbocycles. The molecule has 0 unspecified atom stereocenters. The second-order valence-corrected chi connectivity index (χ2v) is 4.83. The minimum Gasteiger partial charge on any atom is -0.504 e. The predicted octanol–water partition coefficient (Wildman–Crippen LogP) is 3.58. The van der Waals surface area contributed by atoms with Crippen LogP contribution in [0.25, 0.3) is 0 Å². The number of amides is 1. The van der Waals surface area contributed by atoms with Crippen molar-refractivity contribution in [3.05, 3.63) is 57.6 Å². The number of nitrogens with one attached hydrogen (secondary N) is 1. The van der Waals surface area contributed by atoms with E-state index in [1.54, 1.807) is 0 Å². The lowest BCUT2D eigenvalue weighted by atomic mass is 10.1. The van der Waals surface area contributed by atoms with Crippen molar-refractivity contribution in [3.8, 4) is 11.5 Å². The van der Waals surface area contributed by atoms with Crippen LogP contribution in [0.4, 0.5) is 24.5 Å². The van der Waals surface area contributed by atoms with Gasteiger partial charge in [-0.3, -0.25) is 14.9 Å². The van der Waals surface area contributed by atoms with Gasteiger partial charge in [-0.1, -0.05) is 0 Å². The lowest BCUT2D eigenvalue weighted by Crippen LogP contribution is -2.14. The average molecular weight is 356 g/mol. The van der Waals surface area contributed by atoms with E-state index in [1.165, 1.54) is 25.3 Å². The first kappa shape index (κ1) is 18.0. The van der Waals surface area contributed by atoms with Crippen LogP contribution in [0.5, 0.6) is 11.5 Å². The number of halogens is 3. The molecule has 0 heterocycles. The highest BCUT2D eigenvalue weighted by Crippen LogP contribution is 2.37. The molecule has 10 heteroatoms. The zero-order valence-electron chi connectivity index (χ0n) is 12.6. The van der Waals surface area contributed by atoms with Crippen LogP contribution >= 0.6 is 0 Å². The maximum atomic E-state index is 12.9. The van der Waals surface area contributed by atoms with Crippen molar-refractivity contribution in [3.63, 3.8) is 0 Å². The third-order valence-electron chi connectivity index (χ3n) is 3.20. The van der Waals surface area contributed by atoms with Gasteiger partial charge in [0.15, 0.2) is 11.5 Å². The summed E-state index contributed by atoms with van der Waals surface area (Å²) in [5.41, 5.74) is -2.84. The fraction of sp³-hybridized carbons (Fsp3) is 0.133. The number of methoxy groups -OCH3 is 1. The topological polar surface area (TPSA) is 102 Å². The molecule has 2 N–H and O–H groups in total. The van der Waals surface area contributed by atoms with Crippen LogP contribution in [0.1, 0.15) is 15.9 Å². The summed E-state index contributed by atoms with van der Waals surface area (Å²) in [7, 11) is 1.27. The Labute approximate surface area is 138 Å². The number of nitro groups is 1. The number of carbonyl (C=O) groups is 1. The van der Waals surface area contributed by atoms with Crippen molar-refractivity contribution < 1.29 is 32.7 Å². The predicted molar refractivity (Wildman–Crippen MR) is 80.7 cm³/mol. The second-order valence-electron chi connectivity index (χ2n) is 4.83. The number of carbonyl (C=O) groups excluding carboxylic acids is 1. The van der Waals surface area contributed by atoms with E-state index in [9.17, 15) is 33.2 Å². The summed E-state index contributed by atoms with van der Waals surface area (Å²) in [6, 6.07) is 5.75. The van der Waals surface area contributed by atoms with Crippen LogP contribution in [-0.4, -0.2) is 23.0 Å². The molecule has 0 saturated heterocycles. The highest BCUT2D eigenvalue weighted by molar-refractivity contribution is 6.04. The summed E-state index contributed by atoms with van der Waals surface area (Å²) in [5.74, 6) is -0.985. The van der Waals surface area contributed by atoms with E-state index < -0.39 is 28.3 Å². The molecular formula is C15H11F3N2O5. The number of rotatable bonds is 4. The number of ether oxygens (including phenoxy) is 1. The number of aromatic hydroxyl groups is 1. The summed E-state index contributed by atoms with van der Waals surface area (Å²) in [4.78, 5) is 21.7. The van der Waals surface area contributed by atoms with Gasteiger partial charge in [-0.05, 0) is 30.3 Å². The molecule has 2 aromatic carbocycles. The Morgan fingerprint density at radius 1 is 1.24 bits per heavy atom. The van der Waals surface area contributed by atoms with Gasteiger partial charge in [-0.15, -0.1) is 0 Å². The summed E-state index contributed by atoms with van der Waals surface area (Å²) in [6.07, 6.45) is -4.95. The molecule has 0 bridgehead atoms. The fourth-order valence-corrected chi connectivity index (χ4v) is 2.02. The third kappa shape index (κ3) is 3.97. The van der Waals surface area contributed by atoms with E-state index in [2.05, 4.69) is 5.32 Å². The summed E-state index contributed by atoms with van der Waals surface area (Å²) in [5, 5.41) is 22.4. The van der Waals surface area contributed by atoms with E-state index in [4.69, 9.17) is 4.74 Å². The molecule has 0 aromatic heterocycles. The van der Waals surface area contributed by atoms with Crippen LogP contribution < -0.4 is 10.1 Å². The molecule has 0 saturated carbocycles. The van der Waals surface area contributed by atoms with Gasteiger partial charge >= 0.3 is 6.18 Å². The minimum absolute atomic E-state index is 0.00679. The molecule has 132 valence electrons. The zero-order valence-corrected chi connectivity index (χ0v) is 12.6. The maximum absolute atomic E-state index is 12.9. The Morgan fingerprint density at radius 3 is 2.48 bits per heavy atom. The quantitative estimate of drug-likeness (QED) is 0.644. The molecule has 0 aliphatic heterocycles. The molecule has 1 amide bonds. The van der Waals surface area contributed by atoms with E-state index in [0.717, 1.165) is 6.07 Å². The summed E-state index contributed by atoms with van der Waals surface area (Å²) >= 11 is 0. The number of phenolic OH excluding ortho intramolecular Hbond substituents is 1. The number of nitrogens with zero attached hydrogens (tertiary/aromatic N) is 1. The van der Waals surface area contributed by atoms with E-state index in [-0.39, 0.29) is 22.7 Å². The Hall–Kier alpha value is -3.30. The Balaban J connectivity index is 2.34. The van der Waals surface area contributed by atoms with Crippen molar-refractivity contribution >= 4 is 17.3 Å². The molecule has 0 fully saturated rings. The first-order valence-electron chi connectivity index (χ1n) is 6.67. The molecule has 0 atom stereocenters. The summed E-state index contributed by atoms with van der Waals surface area (Å²) < 4.78 is 43.6. The van der Waals surface area contributed by atoms with Crippen molar-refractivity contribution in [1.29, 1.82) is 0 Å². The highest BCUT2D eigenvalue weighted by Gasteiger charge is 2.38. The number of alkyl halides is 3. The van der Waals surface area contributed by atoms with E-state index in [0.29, 0.717) is 12.1 Å². The maximum Gasteiger partial charge on any atom is 0.423 e. The van der Waals surface area contributed by atoms with Crippen LogP contribution in [-0.2, 0) is 6.18 Å². The zero-order chi connectivity index (χ0) is 18.8. The van der Waals surface area contributed by atoms with Gasteiger partial charge in [0.2, 0.25) is 0 Å². The lowest BCUT2D eigenvalue weighted by molar-refractivity contribution is -0.388. The van der Waals surface area contributed by atoms with Gasteiger partial charge in [-0.2, -0.15) is 13.2 Å². The van der Waals surface area contributed by atoms with Gasteiger partial charge in [0.25, 0.3) is 11.6 Å². The largest absolute Gasteiger partial charge is 0.504 e. The highest BCUT2D eigenvalue weighted by atomic mass is 19.4.